The number of hydrogen-bond donors (Lipinski definition) is 1. The summed E-state index contributed by atoms with van der Waals surface area (Å²) in [6.07, 6.45) is 4.68. The number of hydrogen-bond acceptors (Lipinski definition) is 4. The van der Waals surface area contributed by atoms with Gasteiger partial charge in [0.2, 0.25) is 10.0 Å². The van der Waals surface area contributed by atoms with Crippen LogP contribution in [-0.4, -0.2) is 19.4 Å². The number of nitrogens with one attached hydrogen (secondary N) is 1. The highest BCUT2D eigenvalue weighted by atomic mass is 32.2. The second kappa shape index (κ2) is 5.87. The fraction of sp³-hybridized carbons (Fsp3) is 0.625. The molecule has 2 bridgehead atoms. The Labute approximate surface area is 136 Å². The van der Waals surface area contributed by atoms with Gasteiger partial charge in [-0.1, -0.05) is 12.5 Å². The van der Waals surface area contributed by atoms with Gasteiger partial charge in [0.25, 0.3) is 5.69 Å². The van der Waals surface area contributed by atoms with E-state index in [1.54, 1.807) is 13.0 Å². The highest BCUT2D eigenvalue weighted by Gasteiger charge is 2.43. The molecule has 2 aliphatic carbocycles. The molecule has 0 radical (unpaired) electrons. The summed E-state index contributed by atoms with van der Waals surface area (Å²) < 4.78 is 27.9. The molecule has 0 aromatic heterocycles. The first-order valence-electron chi connectivity index (χ1n) is 8.05. The molecule has 3 rings (SSSR count). The van der Waals surface area contributed by atoms with Gasteiger partial charge in [-0.2, -0.15) is 0 Å². The van der Waals surface area contributed by atoms with Crippen molar-refractivity contribution in [2.24, 2.45) is 17.8 Å². The van der Waals surface area contributed by atoms with E-state index in [9.17, 15) is 18.5 Å². The number of nitro groups is 1. The van der Waals surface area contributed by atoms with E-state index in [2.05, 4.69) is 4.72 Å². The molecule has 0 saturated heterocycles. The molecular weight excluding hydrogens is 316 g/mol. The van der Waals surface area contributed by atoms with E-state index in [1.807, 2.05) is 6.92 Å². The van der Waals surface area contributed by atoms with Gasteiger partial charge in [-0.25, -0.2) is 13.1 Å². The Kier molecular flexibility index (Phi) is 4.18. The maximum absolute atomic E-state index is 12.6. The molecule has 126 valence electrons. The van der Waals surface area contributed by atoms with Crippen molar-refractivity contribution in [3.8, 4) is 0 Å². The molecule has 6 nitrogen and oxygen atoms in total. The maximum atomic E-state index is 12.6. The van der Waals surface area contributed by atoms with Crippen LogP contribution in [0.3, 0.4) is 0 Å². The van der Waals surface area contributed by atoms with Crippen molar-refractivity contribution in [2.45, 2.75) is 50.5 Å². The standard InChI is InChI=1S/C16H22N2O4S/c1-10-3-6-16(15(7-10)18(19)20)23(21,22)17-11(2)14-9-12-4-5-13(14)8-12/h3,6-7,11-14,17H,4-5,8-9H2,1-2H3/t11-,12+,13-,14+/m0/s1. The lowest BCUT2D eigenvalue weighted by atomic mass is 9.84. The van der Waals surface area contributed by atoms with Gasteiger partial charge in [0, 0.05) is 12.1 Å². The molecule has 0 aliphatic heterocycles. The SMILES string of the molecule is Cc1ccc(S(=O)(=O)N[C@@H](C)[C@H]2C[C@@H]3CC[C@H]2C3)c([N+](=O)[O-])c1. The van der Waals surface area contributed by atoms with Gasteiger partial charge in [0.1, 0.15) is 0 Å². The Balaban J connectivity index is 1.83. The summed E-state index contributed by atoms with van der Waals surface area (Å²) >= 11 is 0. The number of fused-ring (bicyclic) bond motifs is 2. The third-order valence-corrected chi connectivity index (χ3v) is 6.98. The second-order valence-corrected chi connectivity index (χ2v) is 8.66. The maximum Gasteiger partial charge on any atom is 0.289 e. The summed E-state index contributed by atoms with van der Waals surface area (Å²) in [6, 6.07) is 4.01. The van der Waals surface area contributed by atoms with Crippen LogP contribution < -0.4 is 4.72 Å². The van der Waals surface area contributed by atoms with Gasteiger partial charge < -0.3 is 0 Å². The lowest BCUT2D eigenvalue weighted by Crippen LogP contribution is -2.40. The summed E-state index contributed by atoms with van der Waals surface area (Å²) in [6.45, 7) is 3.58. The molecule has 4 atom stereocenters. The fourth-order valence-corrected chi connectivity index (χ4v) is 5.75. The molecule has 0 unspecified atom stereocenters. The highest BCUT2D eigenvalue weighted by Crippen LogP contribution is 2.49. The number of rotatable bonds is 5. The summed E-state index contributed by atoms with van der Waals surface area (Å²) in [5.41, 5.74) is 0.300. The molecule has 0 spiro atoms. The van der Waals surface area contributed by atoms with Crippen molar-refractivity contribution in [3.63, 3.8) is 0 Å². The minimum Gasteiger partial charge on any atom is -0.258 e. The summed E-state index contributed by atoms with van der Waals surface area (Å²) in [5.74, 6) is 1.66. The Morgan fingerprint density at radius 3 is 2.61 bits per heavy atom. The van der Waals surface area contributed by atoms with Gasteiger partial charge >= 0.3 is 0 Å². The van der Waals surface area contributed by atoms with Gasteiger partial charge in [0.15, 0.2) is 4.90 Å². The van der Waals surface area contributed by atoms with Crippen LogP contribution in [-0.2, 0) is 10.0 Å². The molecule has 2 fully saturated rings. The van der Waals surface area contributed by atoms with Crippen molar-refractivity contribution in [3.05, 3.63) is 33.9 Å². The number of nitro benzene ring substituents is 1. The van der Waals surface area contributed by atoms with Crippen molar-refractivity contribution < 1.29 is 13.3 Å². The first-order valence-corrected chi connectivity index (χ1v) is 9.53. The minimum atomic E-state index is -3.90. The fourth-order valence-electron chi connectivity index (χ4n) is 4.30. The van der Waals surface area contributed by atoms with Crippen molar-refractivity contribution in [2.75, 3.05) is 0 Å². The molecule has 23 heavy (non-hydrogen) atoms. The molecule has 1 aromatic carbocycles. The van der Waals surface area contributed by atoms with E-state index in [-0.39, 0.29) is 16.6 Å². The van der Waals surface area contributed by atoms with Crippen LogP contribution in [0.15, 0.2) is 23.1 Å². The van der Waals surface area contributed by atoms with Gasteiger partial charge in [-0.15, -0.1) is 0 Å². The zero-order valence-corrected chi connectivity index (χ0v) is 14.2. The summed E-state index contributed by atoms with van der Waals surface area (Å²) in [7, 11) is -3.90. The van der Waals surface area contributed by atoms with Gasteiger partial charge in [-0.3, -0.25) is 10.1 Å². The number of sulfonamides is 1. The van der Waals surface area contributed by atoms with Gasteiger partial charge in [-0.05, 0) is 62.5 Å². The van der Waals surface area contributed by atoms with Crippen LogP contribution in [0.2, 0.25) is 0 Å². The lowest BCUT2D eigenvalue weighted by Gasteiger charge is -2.28. The Morgan fingerprint density at radius 2 is 2.04 bits per heavy atom. The molecule has 1 aromatic rings. The zero-order chi connectivity index (χ0) is 16.8. The van der Waals surface area contributed by atoms with Crippen LogP contribution >= 0.6 is 0 Å². The Morgan fingerprint density at radius 1 is 1.30 bits per heavy atom. The van der Waals surface area contributed by atoms with E-state index < -0.39 is 14.9 Å². The van der Waals surface area contributed by atoms with E-state index >= 15 is 0 Å². The second-order valence-electron chi connectivity index (χ2n) is 6.98. The van der Waals surface area contributed by atoms with Crippen molar-refractivity contribution in [1.82, 2.24) is 4.72 Å². The quantitative estimate of drug-likeness (QED) is 0.660. The van der Waals surface area contributed by atoms with Crippen LogP contribution in [0, 0.1) is 34.8 Å². The summed E-state index contributed by atoms with van der Waals surface area (Å²) in [4.78, 5) is 10.3. The average molecular weight is 338 g/mol. The predicted molar refractivity (Wildman–Crippen MR) is 86.6 cm³/mol. The molecule has 2 saturated carbocycles. The molecule has 0 amide bonds. The largest absolute Gasteiger partial charge is 0.289 e. The number of aryl methyl sites for hydroxylation is 1. The number of benzene rings is 1. The Hall–Kier alpha value is -1.47. The minimum absolute atomic E-state index is 0.198. The Bertz CT molecular complexity index is 732. The van der Waals surface area contributed by atoms with Crippen LogP contribution in [0.1, 0.15) is 38.2 Å². The lowest BCUT2D eigenvalue weighted by molar-refractivity contribution is -0.387. The van der Waals surface area contributed by atoms with Crippen molar-refractivity contribution >= 4 is 15.7 Å². The van der Waals surface area contributed by atoms with E-state index in [0.717, 1.165) is 12.3 Å². The first kappa shape index (κ1) is 16.4. The molecular formula is C16H22N2O4S. The monoisotopic (exact) mass is 338 g/mol. The predicted octanol–water partition coefficient (Wildman–Crippen LogP) is 3.01. The molecule has 1 N–H and O–H groups in total. The van der Waals surface area contributed by atoms with E-state index in [1.165, 1.54) is 31.4 Å². The highest BCUT2D eigenvalue weighted by molar-refractivity contribution is 7.89. The molecule has 0 heterocycles. The van der Waals surface area contributed by atoms with Crippen LogP contribution in [0.25, 0.3) is 0 Å². The van der Waals surface area contributed by atoms with Crippen LogP contribution in [0.5, 0.6) is 0 Å². The van der Waals surface area contributed by atoms with Gasteiger partial charge in [0.05, 0.1) is 4.92 Å². The van der Waals surface area contributed by atoms with E-state index in [0.29, 0.717) is 17.4 Å². The molecule has 2 aliphatic rings. The smallest absolute Gasteiger partial charge is 0.258 e. The third-order valence-electron chi connectivity index (χ3n) is 5.38. The molecule has 7 heteroatoms. The van der Waals surface area contributed by atoms with Crippen molar-refractivity contribution in [1.29, 1.82) is 0 Å². The van der Waals surface area contributed by atoms with E-state index in [4.69, 9.17) is 0 Å². The summed E-state index contributed by atoms with van der Waals surface area (Å²) in [5, 5.41) is 11.2. The normalized spacial score (nSPS) is 28.0. The third kappa shape index (κ3) is 3.12. The zero-order valence-electron chi connectivity index (χ0n) is 13.4. The first-order chi connectivity index (χ1) is 10.8. The average Bonchev–Trinajstić information content (AvgIpc) is 3.09. The number of nitrogens with zero attached hydrogens (tertiary/aromatic N) is 1. The topological polar surface area (TPSA) is 89.3 Å². The van der Waals surface area contributed by atoms with Crippen LogP contribution in [0.4, 0.5) is 5.69 Å².